The third-order valence-electron chi connectivity index (χ3n) is 4.15. The van der Waals surface area contributed by atoms with Crippen LogP contribution in [0.5, 0.6) is 0 Å². The van der Waals surface area contributed by atoms with Crippen LogP contribution in [-0.4, -0.2) is 39.3 Å². The van der Waals surface area contributed by atoms with Gasteiger partial charge in [0.1, 0.15) is 16.3 Å². The highest BCUT2D eigenvalue weighted by atomic mass is 32.2. The number of aromatic nitrogens is 4. The number of fused-ring (bicyclic) bond motifs is 1. The van der Waals surface area contributed by atoms with E-state index in [1.165, 1.54) is 17.1 Å². The summed E-state index contributed by atoms with van der Waals surface area (Å²) in [6.07, 6.45) is 5.24. The molecule has 0 fully saturated rings. The number of rotatable bonds is 5. The van der Waals surface area contributed by atoms with Crippen LogP contribution in [-0.2, 0) is 34.3 Å². The minimum Gasteiger partial charge on any atom is -0.455 e. The molecule has 0 atom stereocenters. The van der Waals surface area contributed by atoms with Crippen molar-refractivity contribution in [3.05, 3.63) is 23.9 Å². The molecule has 3 heterocycles. The number of sulfonamides is 1. The molecule has 3 rings (SSSR count). The van der Waals surface area contributed by atoms with E-state index in [2.05, 4.69) is 14.8 Å². The SMILES string of the molecule is CCn1cc(S(=O)(=O)Nc2nc3n(c2C(=O)OC(C)(C)C)CCCC3)cn1. The van der Waals surface area contributed by atoms with Crippen LogP contribution in [0.4, 0.5) is 5.82 Å². The van der Waals surface area contributed by atoms with Gasteiger partial charge in [0.25, 0.3) is 10.0 Å². The van der Waals surface area contributed by atoms with Gasteiger partial charge in [0, 0.05) is 25.7 Å². The summed E-state index contributed by atoms with van der Waals surface area (Å²) in [6, 6.07) is 0. The number of anilines is 1. The first kappa shape index (κ1) is 19.4. The van der Waals surface area contributed by atoms with E-state index in [0.29, 0.717) is 25.3 Å². The smallest absolute Gasteiger partial charge is 0.359 e. The molecule has 0 aliphatic carbocycles. The summed E-state index contributed by atoms with van der Waals surface area (Å²) in [4.78, 5) is 17.2. The van der Waals surface area contributed by atoms with E-state index in [9.17, 15) is 13.2 Å². The maximum atomic E-state index is 12.8. The fraction of sp³-hybridized carbons (Fsp3) is 0.588. The summed E-state index contributed by atoms with van der Waals surface area (Å²) in [6.45, 7) is 8.31. The highest BCUT2D eigenvalue weighted by molar-refractivity contribution is 7.92. The molecule has 148 valence electrons. The van der Waals surface area contributed by atoms with Crippen LogP contribution in [0, 0.1) is 0 Å². The fourth-order valence-electron chi connectivity index (χ4n) is 2.93. The van der Waals surface area contributed by atoms with Crippen molar-refractivity contribution in [2.24, 2.45) is 0 Å². The lowest BCUT2D eigenvalue weighted by molar-refractivity contribution is 0.00580. The van der Waals surface area contributed by atoms with Gasteiger partial charge in [-0.2, -0.15) is 5.10 Å². The number of hydrogen-bond donors (Lipinski definition) is 1. The quantitative estimate of drug-likeness (QED) is 0.778. The highest BCUT2D eigenvalue weighted by Crippen LogP contribution is 2.27. The number of hydrogen-bond acceptors (Lipinski definition) is 6. The van der Waals surface area contributed by atoms with Crippen LogP contribution in [0.1, 0.15) is 56.8 Å². The Labute approximate surface area is 158 Å². The van der Waals surface area contributed by atoms with E-state index < -0.39 is 21.6 Å². The number of nitrogens with one attached hydrogen (secondary N) is 1. The Morgan fingerprint density at radius 1 is 1.33 bits per heavy atom. The van der Waals surface area contributed by atoms with E-state index in [-0.39, 0.29) is 16.4 Å². The molecule has 0 amide bonds. The first-order valence-electron chi connectivity index (χ1n) is 8.99. The predicted octanol–water partition coefficient (Wildman–Crippen LogP) is 2.19. The molecular formula is C17H25N5O4S. The minimum absolute atomic E-state index is 0.00500. The first-order valence-corrected chi connectivity index (χ1v) is 10.5. The van der Waals surface area contributed by atoms with Crippen LogP contribution >= 0.6 is 0 Å². The standard InChI is InChI=1S/C17H25N5O4S/c1-5-21-11-12(10-18-21)27(24,25)20-15-14(16(23)26-17(2,3)4)22-9-7-6-8-13(22)19-15/h10-11,20H,5-9H2,1-4H3. The lowest BCUT2D eigenvalue weighted by Crippen LogP contribution is -2.27. The molecule has 0 bridgehead atoms. The van der Waals surface area contributed by atoms with Gasteiger partial charge < -0.3 is 9.30 Å². The Morgan fingerprint density at radius 3 is 2.70 bits per heavy atom. The van der Waals surface area contributed by atoms with Crippen molar-refractivity contribution in [3.63, 3.8) is 0 Å². The average molecular weight is 395 g/mol. The topological polar surface area (TPSA) is 108 Å². The molecule has 1 N–H and O–H groups in total. The van der Waals surface area contributed by atoms with Crippen LogP contribution in [0.15, 0.2) is 17.3 Å². The Hall–Kier alpha value is -2.36. The van der Waals surface area contributed by atoms with Gasteiger partial charge in [-0.1, -0.05) is 0 Å². The molecule has 0 aromatic carbocycles. The average Bonchev–Trinajstić information content (AvgIpc) is 3.17. The summed E-state index contributed by atoms with van der Waals surface area (Å²) >= 11 is 0. The zero-order valence-corrected chi connectivity index (χ0v) is 16.8. The zero-order chi connectivity index (χ0) is 19.8. The molecule has 0 spiro atoms. The summed E-state index contributed by atoms with van der Waals surface area (Å²) in [7, 11) is -3.92. The number of ether oxygens (including phenoxy) is 1. The second-order valence-electron chi connectivity index (χ2n) is 7.47. The maximum absolute atomic E-state index is 12.8. The van der Waals surface area contributed by atoms with Gasteiger partial charge in [0.2, 0.25) is 0 Å². The number of imidazole rings is 1. The molecule has 0 unspecified atom stereocenters. The third kappa shape index (κ3) is 4.15. The Kier molecular flexibility index (Phi) is 5.02. The Balaban J connectivity index is 1.99. The van der Waals surface area contributed by atoms with E-state index in [1.54, 1.807) is 25.3 Å². The summed E-state index contributed by atoms with van der Waals surface area (Å²) < 4.78 is 36.7. The number of aryl methyl sites for hydroxylation is 2. The van der Waals surface area contributed by atoms with Gasteiger partial charge in [0.15, 0.2) is 11.5 Å². The second kappa shape index (κ2) is 6.99. The van der Waals surface area contributed by atoms with Gasteiger partial charge in [0.05, 0.1) is 6.20 Å². The van der Waals surface area contributed by atoms with Crippen molar-refractivity contribution in [2.45, 2.75) is 70.5 Å². The van der Waals surface area contributed by atoms with Crippen molar-refractivity contribution in [1.29, 1.82) is 0 Å². The van der Waals surface area contributed by atoms with Gasteiger partial charge in [-0.15, -0.1) is 0 Å². The molecule has 1 aliphatic heterocycles. The first-order chi connectivity index (χ1) is 12.6. The van der Waals surface area contributed by atoms with Crippen molar-refractivity contribution in [2.75, 3.05) is 4.72 Å². The maximum Gasteiger partial charge on any atom is 0.359 e. The van der Waals surface area contributed by atoms with Crippen LogP contribution in [0.2, 0.25) is 0 Å². The minimum atomic E-state index is -3.92. The Bertz CT molecular complexity index is 953. The van der Waals surface area contributed by atoms with Crippen LogP contribution in [0.25, 0.3) is 0 Å². The Morgan fingerprint density at radius 2 is 2.07 bits per heavy atom. The van der Waals surface area contributed by atoms with Crippen molar-refractivity contribution in [1.82, 2.24) is 19.3 Å². The molecule has 0 saturated carbocycles. The second-order valence-corrected chi connectivity index (χ2v) is 9.16. The van der Waals surface area contributed by atoms with E-state index in [0.717, 1.165) is 12.8 Å². The van der Waals surface area contributed by atoms with Crippen molar-refractivity contribution < 1.29 is 17.9 Å². The molecule has 9 nitrogen and oxygen atoms in total. The summed E-state index contributed by atoms with van der Waals surface area (Å²) in [5.41, 5.74) is -0.555. The fourth-order valence-corrected chi connectivity index (χ4v) is 3.89. The van der Waals surface area contributed by atoms with Gasteiger partial charge >= 0.3 is 5.97 Å². The summed E-state index contributed by atoms with van der Waals surface area (Å²) in [5, 5.41) is 3.99. The summed E-state index contributed by atoms with van der Waals surface area (Å²) in [5.74, 6) is 0.0968. The zero-order valence-electron chi connectivity index (χ0n) is 16.0. The number of carbonyl (C=O) groups is 1. The normalized spacial score (nSPS) is 14.7. The molecule has 0 radical (unpaired) electrons. The number of carbonyl (C=O) groups excluding carboxylic acids is 1. The molecule has 1 aliphatic rings. The molecule has 0 saturated heterocycles. The molecule has 2 aromatic rings. The molecule has 27 heavy (non-hydrogen) atoms. The van der Waals surface area contributed by atoms with E-state index in [1.807, 2.05) is 6.92 Å². The molecular weight excluding hydrogens is 370 g/mol. The van der Waals surface area contributed by atoms with Gasteiger partial charge in [-0.3, -0.25) is 9.40 Å². The van der Waals surface area contributed by atoms with Crippen molar-refractivity contribution in [3.8, 4) is 0 Å². The van der Waals surface area contributed by atoms with E-state index in [4.69, 9.17) is 4.74 Å². The largest absolute Gasteiger partial charge is 0.455 e. The number of nitrogens with zero attached hydrogens (tertiary/aromatic N) is 4. The van der Waals surface area contributed by atoms with Crippen LogP contribution in [0.3, 0.4) is 0 Å². The van der Waals surface area contributed by atoms with Gasteiger partial charge in [-0.05, 0) is 40.5 Å². The van der Waals surface area contributed by atoms with Gasteiger partial charge in [-0.25, -0.2) is 18.2 Å². The number of esters is 1. The predicted molar refractivity (Wildman–Crippen MR) is 99.0 cm³/mol. The highest BCUT2D eigenvalue weighted by Gasteiger charge is 2.31. The molecule has 2 aromatic heterocycles. The third-order valence-corrected chi connectivity index (χ3v) is 5.44. The lowest BCUT2D eigenvalue weighted by atomic mass is 10.1. The monoisotopic (exact) mass is 395 g/mol. The van der Waals surface area contributed by atoms with Crippen molar-refractivity contribution >= 4 is 21.8 Å². The van der Waals surface area contributed by atoms with E-state index >= 15 is 0 Å². The molecule has 10 heteroatoms. The lowest BCUT2D eigenvalue weighted by Gasteiger charge is -2.21. The van der Waals surface area contributed by atoms with Crippen LogP contribution < -0.4 is 4.72 Å².